The van der Waals surface area contributed by atoms with Crippen molar-refractivity contribution in [2.24, 2.45) is 7.05 Å². The van der Waals surface area contributed by atoms with Crippen molar-refractivity contribution in [2.75, 3.05) is 0 Å². The van der Waals surface area contributed by atoms with E-state index in [0.29, 0.717) is 12.0 Å². The SMILES string of the molecule is CCc1nn(C)cc1CNC1CC1c1ccccc1. The van der Waals surface area contributed by atoms with Crippen LogP contribution in [-0.4, -0.2) is 15.8 Å². The molecule has 3 nitrogen and oxygen atoms in total. The van der Waals surface area contributed by atoms with Gasteiger partial charge in [-0.25, -0.2) is 0 Å². The first-order valence-corrected chi connectivity index (χ1v) is 7.07. The fourth-order valence-corrected chi connectivity index (χ4v) is 2.76. The van der Waals surface area contributed by atoms with Crippen molar-refractivity contribution >= 4 is 0 Å². The number of hydrogen-bond acceptors (Lipinski definition) is 2. The van der Waals surface area contributed by atoms with Gasteiger partial charge in [0, 0.05) is 37.3 Å². The molecular weight excluding hydrogens is 234 g/mol. The molecule has 0 radical (unpaired) electrons. The minimum absolute atomic E-state index is 0.632. The van der Waals surface area contributed by atoms with Crippen LogP contribution in [0.4, 0.5) is 0 Å². The Morgan fingerprint density at radius 2 is 2.11 bits per heavy atom. The standard InChI is InChI=1S/C16H21N3/c1-3-15-13(11-19(2)18-15)10-17-16-9-14(16)12-7-5-4-6-8-12/h4-8,11,14,16-17H,3,9-10H2,1-2H3. The van der Waals surface area contributed by atoms with Crippen molar-refractivity contribution in [3.05, 3.63) is 53.3 Å². The van der Waals surface area contributed by atoms with E-state index in [4.69, 9.17) is 0 Å². The molecule has 19 heavy (non-hydrogen) atoms. The highest BCUT2D eigenvalue weighted by Gasteiger charge is 2.37. The molecule has 2 atom stereocenters. The molecule has 1 aliphatic rings. The third-order valence-corrected chi connectivity index (χ3v) is 3.90. The molecule has 1 aliphatic carbocycles. The fourth-order valence-electron chi connectivity index (χ4n) is 2.76. The summed E-state index contributed by atoms with van der Waals surface area (Å²) in [4.78, 5) is 0. The zero-order valence-corrected chi connectivity index (χ0v) is 11.6. The van der Waals surface area contributed by atoms with Gasteiger partial charge >= 0.3 is 0 Å². The lowest BCUT2D eigenvalue weighted by Crippen LogP contribution is -2.17. The summed E-state index contributed by atoms with van der Waals surface area (Å²) in [5.74, 6) is 0.697. The van der Waals surface area contributed by atoms with E-state index in [1.807, 2.05) is 11.7 Å². The van der Waals surface area contributed by atoms with Gasteiger partial charge in [0.05, 0.1) is 5.69 Å². The Morgan fingerprint density at radius 1 is 1.32 bits per heavy atom. The van der Waals surface area contributed by atoms with Gasteiger partial charge in [-0.1, -0.05) is 37.3 Å². The number of nitrogens with one attached hydrogen (secondary N) is 1. The van der Waals surface area contributed by atoms with Gasteiger partial charge in [-0.15, -0.1) is 0 Å². The topological polar surface area (TPSA) is 29.9 Å². The highest BCUT2D eigenvalue weighted by atomic mass is 15.3. The van der Waals surface area contributed by atoms with Gasteiger partial charge < -0.3 is 5.32 Å². The molecule has 0 spiro atoms. The number of aromatic nitrogens is 2. The van der Waals surface area contributed by atoms with Crippen molar-refractivity contribution in [2.45, 2.75) is 38.3 Å². The van der Waals surface area contributed by atoms with Gasteiger partial charge in [0.2, 0.25) is 0 Å². The molecule has 1 aromatic carbocycles. The van der Waals surface area contributed by atoms with E-state index < -0.39 is 0 Å². The second-order valence-electron chi connectivity index (χ2n) is 5.37. The minimum atomic E-state index is 0.632. The first-order valence-electron chi connectivity index (χ1n) is 7.07. The van der Waals surface area contributed by atoms with Crippen LogP contribution in [0.15, 0.2) is 36.5 Å². The van der Waals surface area contributed by atoms with Crippen LogP contribution in [0.3, 0.4) is 0 Å². The first-order chi connectivity index (χ1) is 9.28. The summed E-state index contributed by atoms with van der Waals surface area (Å²) < 4.78 is 1.91. The second-order valence-corrected chi connectivity index (χ2v) is 5.37. The Bertz CT molecular complexity index is 544. The van der Waals surface area contributed by atoms with Crippen LogP contribution < -0.4 is 5.32 Å². The molecule has 100 valence electrons. The Kier molecular flexibility index (Phi) is 3.38. The highest BCUT2D eigenvalue weighted by molar-refractivity contribution is 5.28. The van der Waals surface area contributed by atoms with Crippen LogP contribution in [0.2, 0.25) is 0 Å². The monoisotopic (exact) mass is 255 g/mol. The van der Waals surface area contributed by atoms with Crippen LogP contribution >= 0.6 is 0 Å². The van der Waals surface area contributed by atoms with Gasteiger partial charge in [0.1, 0.15) is 0 Å². The molecule has 3 rings (SSSR count). The normalized spacial score (nSPS) is 21.6. The average Bonchev–Trinajstić information content (AvgIpc) is 3.13. The summed E-state index contributed by atoms with van der Waals surface area (Å²) in [7, 11) is 1.99. The van der Waals surface area contributed by atoms with Crippen LogP contribution in [0.1, 0.15) is 36.1 Å². The maximum absolute atomic E-state index is 4.48. The molecule has 1 aromatic heterocycles. The molecule has 2 unspecified atom stereocenters. The highest BCUT2D eigenvalue weighted by Crippen LogP contribution is 2.40. The maximum Gasteiger partial charge on any atom is 0.0666 e. The lowest BCUT2D eigenvalue weighted by atomic mass is 10.1. The van der Waals surface area contributed by atoms with Gasteiger partial charge in [-0.2, -0.15) is 5.10 Å². The molecule has 2 aromatic rings. The number of aryl methyl sites for hydroxylation is 2. The second kappa shape index (κ2) is 5.17. The Hall–Kier alpha value is -1.61. The molecule has 0 saturated heterocycles. The van der Waals surface area contributed by atoms with E-state index in [-0.39, 0.29) is 0 Å². The average molecular weight is 255 g/mol. The summed E-state index contributed by atoms with van der Waals surface area (Å²) in [5, 5.41) is 8.14. The number of benzene rings is 1. The van der Waals surface area contributed by atoms with E-state index in [1.54, 1.807) is 0 Å². The molecule has 3 heteroatoms. The zero-order chi connectivity index (χ0) is 13.2. The van der Waals surface area contributed by atoms with E-state index in [1.165, 1.54) is 23.2 Å². The van der Waals surface area contributed by atoms with E-state index in [0.717, 1.165) is 13.0 Å². The molecule has 1 saturated carbocycles. The molecule has 0 bridgehead atoms. The first kappa shape index (κ1) is 12.4. The minimum Gasteiger partial charge on any atom is -0.309 e. The number of rotatable bonds is 5. The third-order valence-electron chi connectivity index (χ3n) is 3.90. The Morgan fingerprint density at radius 3 is 2.84 bits per heavy atom. The number of nitrogens with zero attached hydrogens (tertiary/aromatic N) is 2. The number of hydrogen-bond donors (Lipinski definition) is 1. The molecule has 1 N–H and O–H groups in total. The van der Waals surface area contributed by atoms with Crippen molar-refractivity contribution in [3.63, 3.8) is 0 Å². The van der Waals surface area contributed by atoms with Crippen LogP contribution in [0.25, 0.3) is 0 Å². The van der Waals surface area contributed by atoms with E-state index >= 15 is 0 Å². The zero-order valence-electron chi connectivity index (χ0n) is 11.6. The van der Waals surface area contributed by atoms with Gasteiger partial charge in [0.25, 0.3) is 0 Å². The predicted octanol–water partition coefficient (Wildman–Crippen LogP) is 2.63. The summed E-state index contributed by atoms with van der Waals surface area (Å²) in [6.07, 6.45) is 4.39. The summed E-state index contributed by atoms with van der Waals surface area (Å²) in [5.41, 5.74) is 4.01. The summed E-state index contributed by atoms with van der Waals surface area (Å²) in [6, 6.07) is 11.4. The fraction of sp³-hybridized carbons (Fsp3) is 0.438. The lowest BCUT2D eigenvalue weighted by molar-refractivity contribution is 0.668. The van der Waals surface area contributed by atoms with Crippen LogP contribution in [0.5, 0.6) is 0 Å². The molecule has 1 heterocycles. The van der Waals surface area contributed by atoms with Crippen molar-refractivity contribution in [1.29, 1.82) is 0 Å². The quantitative estimate of drug-likeness (QED) is 0.890. The van der Waals surface area contributed by atoms with E-state index in [2.05, 4.69) is 53.9 Å². The van der Waals surface area contributed by atoms with Gasteiger partial charge in [0.15, 0.2) is 0 Å². The summed E-state index contributed by atoms with van der Waals surface area (Å²) in [6.45, 7) is 3.10. The Balaban J connectivity index is 1.57. The van der Waals surface area contributed by atoms with Crippen LogP contribution in [-0.2, 0) is 20.0 Å². The lowest BCUT2D eigenvalue weighted by Gasteiger charge is -2.04. The van der Waals surface area contributed by atoms with Crippen molar-refractivity contribution in [3.8, 4) is 0 Å². The van der Waals surface area contributed by atoms with Crippen molar-refractivity contribution < 1.29 is 0 Å². The Labute approximate surface area is 114 Å². The smallest absolute Gasteiger partial charge is 0.0666 e. The molecule has 1 fully saturated rings. The van der Waals surface area contributed by atoms with E-state index in [9.17, 15) is 0 Å². The van der Waals surface area contributed by atoms with Crippen LogP contribution in [0, 0.1) is 0 Å². The third kappa shape index (κ3) is 2.71. The largest absolute Gasteiger partial charge is 0.309 e. The molecular formula is C16H21N3. The van der Waals surface area contributed by atoms with Gasteiger partial charge in [-0.3, -0.25) is 4.68 Å². The maximum atomic E-state index is 4.48. The summed E-state index contributed by atoms with van der Waals surface area (Å²) >= 11 is 0. The molecule has 0 aliphatic heterocycles. The predicted molar refractivity (Wildman–Crippen MR) is 77.0 cm³/mol. The van der Waals surface area contributed by atoms with Gasteiger partial charge in [-0.05, 0) is 18.4 Å². The molecule has 0 amide bonds. The van der Waals surface area contributed by atoms with Crippen molar-refractivity contribution in [1.82, 2.24) is 15.1 Å².